The van der Waals surface area contributed by atoms with Crippen molar-refractivity contribution in [1.29, 1.82) is 0 Å². The Balaban J connectivity index is 2.13. The molecule has 19 heavy (non-hydrogen) atoms. The molecule has 98 valence electrons. The molecule has 1 aromatic rings. The van der Waals surface area contributed by atoms with Crippen LogP contribution in [0.1, 0.15) is 23.7 Å². The molecular weight excluding hydrogens is 240 g/mol. The van der Waals surface area contributed by atoms with Gasteiger partial charge in [-0.05, 0) is 31.2 Å². The minimum absolute atomic E-state index is 0.0180. The quantitative estimate of drug-likeness (QED) is 0.832. The second-order valence-corrected chi connectivity index (χ2v) is 4.48. The largest absolute Gasteiger partial charge is 0.352 e. The van der Waals surface area contributed by atoms with Gasteiger partial charge in [-0.1, -0.05) is 0 Å². The van der Waals surface area contributed by atoms with E-state index in [9.17, 15) is 9.59 Å². The van der Waals surface area contributed by atoms with E-state index in [1.807, 2.05) is 6.92 Å². The Morgan fingerprint density at radius 3 is 2.68 bits per heavy atom. The summed E-state index contributed by atoms with van der Waals surface area (Å²) in [6.45, 7) is 3.01. The standard InChI is InChI=1S/C15H16N2O2/c1-3-11-9-14(18)17(10-11)13-7-5-12(6-8-13)15(19)16-4-2/h1,5-8,11H,4,9-10H2,2H3,(H,16,19). The summed E-state index contributed by atoms with van der Waals surface area (Å²) in [5.74, 6) is 2.52. The first-order valence-corrected chi connectivity index (χ1v) is 6.30. The minimum Gasteiger partial charge on any atom is -0.352 e. The highest BCUT2D eigenvalue weighted by Crippen LogP contribution is 2.24. The Morgan fingerprint density at radius 1 is 1.47 bits per heavy atom. The van der Waals surface area contributed by atoms with Gasteiger partial charge in [0.15, 0.2) is 0 Å². The van der Waals surface area contributed by atoms with Gasteiger partial charge >= 0.3 is 0 Å². The van der Waals surface area contributed by atoms with Gasteiger partial charge in [0.25, 0.3) is 5.91 Å². The number of hydrogen-bond acceptors (Lipinski definition) is 2. The van der Waals surface area contributed by atoms with Crippen LogP contribution < -0.4 is 10.2 Å². The number of carbonyl (C=O) groups is 2. The molecule has 1 aliphatic rings. The van der Waals surface area contributed by atoms with Gasteiger partial charge in [-0.2, -0.15) is 0 Å². The van der Waals surface area contributed by atoms with Crippen molar-refractivity contribution in [1.82, 2.24) is 5.32 Å². The summed E-state index contributed by atoms with van der Waals surface area (Å²) >= 11 is 0. The monoisotopic (exact) mass is 256 g/mol. The number of rotatable bonds is 3. The van der Waals surface area contributed by atoms with Crippen molar-refractivity contribution >= 4 is 17.5 Å². The van der Waals surface area contributed by atoms with Crippen LogP contribution in [0.3, 0.4) is 0 Å². The van der Waals surface area contributed by atoms with Gasteiger partial charge in [-0.15, -0.1) is 12.3 Å². The summed E-state index contributed by atoms with van der Waals surface area (Å²) in [6, 6.07) is 7.00. The zero-order valence-corrected chi connectivity index (χ0v) is 10.8. The van der Waals surface area contributed by atoms with Gasteiger partial charge < -0.3 is 10.2 Å². The molecule has 1 atom stereocenters. The molecule has 0 bridgehead atoms. The van der Waals surface area contributed by atoms with Gasteiger partial charge in [-0.3, -0.25) is 9.59 Å². The number of benzene rings is 1. The van der Waals surface area contributed by atoms with Crippen LogP contribution in [0, 0.1) is 18.3 Å². The molecule has 0 aromatic heterocycles. The molecule has 1 aromatic carbocycles. The van der Waals surface area contributed by atoms with Crippen molar-refractivity contribution in [3.05, 3.63) is 29.8 Å². The highest BCUT2D eigenvalue weighted by molar-refractivity contribution is 5.98. The molecule has 1 fully saturated rings. The van der Waals surface area contributed by atoms with E-state index < -0.39 is 0 Å². The topological polar surface area (TPSA) is 49.4 Å². The average molecular weight is 256 g/mol. The fourth-order valence-electron chi connectivity index (χ4n) is 2.12. The molecule has 1 N–H and O–H groups in total. The zero-order chi connectivity index (χ0) is 13.8. The Kier molecular flexibility index (Phi) is 3.86. The summed E-state index contributed by atoms with van der Waals surface area (Å²) in [5, 5.41) is 2.73. The third kappa shape index (κ3) is 2.76. The van der Waals surface area contributed by atoms with Crippen molar-refractivity contribution < 1.29 is 9.59 Å². The molecule has 1 unspecified atom stereocenters. The first-order valence-electron chi connectivity index (χ1n) is 6.30. The molecule has 2 rings (SSSR count). The Labute approximate surface area is 112 Å². The molecule has 1 heterocycles. The van der Waals surface area contributed by atoms with E-state index in [2.05, 4.69) is 11.2 Å². The summed E-state index contributed by atoms with van der Waals surface area (Å²) in [7, 11) is 0. The van der Waals surface area contributed by atoms with E-state index in [0.29, 0.717) is 25.1 Å². The second-order valence-electron chi connectivity index (χ2n) is 4.48. The maximum Gasteiger partial charge on any atom is 0.251 e. The molecule has 0 saturated carbocycles. The van der Waals surface area contributed by atoms with Gasteiger partial charge in [0.2, 0.25) is 5.91 Å². The van der Waals surface area contributed by atoms with Crippen molar-refractivity contribution in [2.24, 2.45) is 5.92 Å². The van der Waals surface area contributed by atoms with Crippen LogP contribution in [-0.4, -0.2) is 24.9 Å². The van der Waals surface area contributed by atoms with Crippen LogP contribution in [0.15, 0.2) is 24.3 Å². The fourth-order valence-corrected chi connectivity index (χ4v) is 2.12. The molecule has 2 amide bonds. The molecule has 0 radical (unpaired) electrons. The van der Waals surface area contributed by atoms with Gasteiger partial charge in [0, 0.05) is 36.7 Å². The van der Waals surface area contributed by atoms with E-state index in [4.69, 9.17) is 6.42 Å². The van der Waals surface area contributed by atoms with Crippen molar-refractivity contribution in [3.8, 4) is 12.3 Å². The van der Waals surface area contributed by atoms with E-state index in [1.54, 1.807) is 29.2 Å². The van der Waals surface area contributed by atoms with Crippen LogP contribution in [0.4, 0.5) is 5.69 Å². The summed E-state index contributed by atoms with van der Waals surface area (Å²) in [4.78, 5) is 25.1. The number of amides is 2. The lowest BCUT2D eigenvalue weighted by Gasteiger charge is -2.16. The van der Waals surface area contributed by atoms with Crippen LogP contribution in [0.5, 0.6) is 0 Å². The Hall–Kier alpha value is -2.28. The summed E-state index contributed by atoms with van der Waals surface area (Å²) in [6.07, 6.45) is 5.75. The number of hydrogen-bond donors (Lipinski definition) is 1. The number of nitrogens with zero attached hydrogens (tertiary/aromatic N) is 1. The first kappa shape index (κ1) is 13.2. The first-order chi connectivity index (χ1) is 9.15. The third-order valence-electron chi connectivity index (χ3n) is 3.14. The predicted octanol–water partition coefficient (Wildman–Crippen LogP) is 1.42. The van der Waals surface area contributed by atoms with Gasteiger partial charge in [0.1, 0.15) is 0 Å². The van der Waals surface area contributed by atoms with Gasteiger partial charge in [-0.25, -0.2) is 0 Å². The maximum absolute atomic E-state index is 11.8. The summed E-state index contributed by atoms with van der Waals surface area (Å²) < 4.78 is 0. The molecular formula is C15H16N2O2. The number of carbonyl (C=O) groups excluding carboxylic acids is 2. The third-order valence-corrected chi connectivity index (χ3v) is 3.14. The fraction of sp³-hybridized carbons (Fsp3) is 0.333. The van der Waals surface area contributed by atoms with E-state index in [-0.39, 0.29) is 17.7 Å². The SMILES string of the molecule is C#CC1CC(=O)N(c2ccc(C(=O)NCC)cc2)C1. The number of nitrogens with one attached hydrogen (secondary N) is 1. The smallest absolute Gasteiger partial charge is 0.251 e. The van der Waals surface area contributed by atoms with E-state index in [0.717, 1.165) is 5.69 Å². The van der Waals surface area contributed by atoms with E-state index in [1.165, 1.54) is 0 Å². The van der Waals surface area contributed by atoms with Gasteiger partial charge in [0.05, 0.1) is 0 Å². The van der Waals surface area contributed by atoms with Crippen LogP contribution in [0.25, 0.3) is 0 Å². The lowest BCUT2D eigenvalue weighted by molar-refractivity contribution is -0.117. The van der Waals surface area contributed by atoms with Crippen molar-refractivity contribution in [2.75, 3.05) is 18.0 Å². The van der Waals surface area contributed by atoms with Crippen molar-refractivity contribution in [2.45, 2.75) is 13.3 Å². The molecule has 4 nitrogen and oxygen atoms in total. The lowest BCUT2D eigenvalue weighted by atomic mass is 10.1. The zero-order valence-electron chi connectivity index (χ0n) is 10.8. The van der Waals surface area contributed by atoms with Crippen molar-refractivity contribution in [3.63, 3.8) is 0 Å². The molecule has 0 aliphatic carbocycles. The predicted molar refractivity (Wildman–Crippen MR) is 73.7 cm³/mol. The molecule has 1 aliphatic heterocycles. The van der Waals surface area contributed by atoms with E-state index >= 15 is 0 Å². The highest BCUT2D eigenvalue weighted by Gasteiger charge is 2.29. The minimum atomic E-state index is -0.108. The number of anilines is 1. The van der Waals surface area contributed by atoms with Crippen LogP contribution in [-0.2, 0) is 4.79 Å². The average Bonchev–Trinajstić information content (AvgIpc) is 2.80. The van der Waals surface area contributed by atoms with Crippen LogP contribution in [0.2, 0.25) is 0 Å². The normalized spacial score (nSPS) is 18.2. The highest BCUT2D eigenvalue weighted by atomic mass is 16.2. The molecule has 4 heteroatoms. The number of terminal acetylenes is 1. The summed E-state index contributed by atoms with van der Waals surface area (Å²) in [5.41, 5.74) is 1.38. The Morgan fingerprint density at radius 2 is 2.16 bits per heavy atom. The molecule has 0 spiro atoms. The molecule has 1 saturated heterocycles. The lowest BCUT2D eigenvalue weighted by Crippen LogP contribution is -2.25. The Bertz CT molecular complexity index is 528. The van der Waals surface area contributed by atoms with Crippen LogP contribution >= 0.6 is 0 Å². The maximum atomic E-state index is 11.8. The second kappa shape index (κ2) is 5.57.